The van der Waals surface area contributed by atoms with Gasteiger partial charge in [-0.25, -0.2) is 4.79 Å². The van der Waals surface area contributed by atoms with Crippen molar-refractivity contribution in [1.29, 1.82) is 0 Å². The van der Waals surface area contributed by atoms with Crippen LogP contribution < -0.4 is 0 Å². The molecule has 24 heavy (non-hydrogen) atoms. The number of para-hydroxylation sites is 1. The molecule has 2 aliphatic heterocycles. The van der Waals surface area contributed by atoms with Crippen molar-refractivity contribution in [2.24, 2.45) is 5.10 Å². The summed E-state index contributed by atoms with van der Waals surface area (Å²) in [5.74, 6) is 0. The summed E-state index contributed by atoms with van der Waals surface area (Å²) in [6, 6.07) is 6.23. The van der Waals surface area contributed by atoms with Gasteiger partial charge in [-0.2, -0.15) is 10.1 Å². The van der Waals surface area contributed by atoms with Crippen LogP contribution in [0.25, 0.3) is 0 Å². The Balaban J connectivity index is 1.61. The van der Waals surface area contributed by atoms with Gasteiger partial charge in [0.15, 0.2) is 0 Å². The number of nitrogens with zero attached hydrogens (tertiary/aromatic N) is 4. The molecule has 1 amide bonds. The number of benzene rings is 1. The van der Waals surface area contributed by atoms with Crippen molar-refractivity contribution < 1.29 is 19.2 Å². The molecule has 1 aromatic rings. The van der Waals surface area contributed by atoms with Crippen molar-refractivity contribution >= 4 is 18.0 Å². The van der Waals surface area contributed by atoms with Gasteiger partial charge in [0.2, 0.25) is 0 Å². The van der Waals surface area contributed by atoms with Crippen molar-refractivity contribution in [3.63, 3.8) is 0 Å². The Morgan fingerprint density at radius 1 is 1.33 bits per heavy atom. The maximum absolute atomic E-state index is 11.9. The number of rotatable bonds is 5. The molecular weight excluding hydrogens is 316 g/mol. The summed E-state index contributed by atoms with van der Waals surface area (Å²) >= 11 is 0. The topological polar surface area (TPSA) is 97.5 Å². The average molecular weight is 334 g/mol. The highest BCUT2D eigenvalue weighted by atomic mass is 16.6. The van der Waals surface area contributed by atoms with E-state index in [2.05, 4.69) is 10.0 Å². The molecule has 2 saturated heterocycles. The number of morpholine rings is 1. The molecule has 0 saturated carbocycles. The zero-order valence-corrected chi connectivity index (χ0v) is 13.0. The number of cyclic esters (lactones) is 1. The lowest BCUT2D eigenvalue weighted by Gasteiger charge is -2.27. The van der Waals surface area contributed by atoms with Crippen LogP contribution in [0.3, 0.4) is 0 Å². The summed E-state index contributed by atoms with van der Waals surface area (Å²) in [5.41, 5.74) is 0.283. The van der Waals surface area contributed by atoms with Crippen molar-refractivity contribution in [1.82, 2.24) is 9.91 Å². The molecule has 3 rings (SSSR count). The van der Waals surface area contributed by atoms with Crippen LogP contribution in [0.4, 0.5) is 10.5 Å². The Morgan fingerprint density at radius 2 is 2.08 bits per heavy atom. The maximum Gasteiger partial charge on any atom is 0.430 e. The second-order valence-corrected chi connectivity index (χ2v) is 5.56. The maximum atomic E-state index is 11.9. The Kier molecular flexibility index (Phi) is 5.02. The van der Waals surface area contributed by atoms with Gasteiger partial charge in [-0.3, -0.25) is 15.0 Å². The highest BCUT2D eigenvalue weighted by Gasteiger charge is 2.32. The Bertz CT molecular complexity index is 645. The lowest BCUT2D eigenvalue weighted by molar-refractivity contribution is -0.385. The number of ether oxygens (including phenoxy) is 2. The van der Waals surface area contributed by atoms with E-state index in [1.807, 2.05) is 0 Å². The third-order valence-electron chi connectivity index (χ3n) is 3.89. The monoisotopic (exact) mass is 334 g/mol. The highest BCUT2D eigenvalue weighted by molar-refractivity contribution is 5.86. The number of amides is 1. The predicted molar refractivity (Wildman–Crippen MR) is 84.9 cm³/mol. The number of nitro benzene ring substituents is 1. The third kappa shape index (κ3) is 3.87. The first-order chi connectivity index (χ1) is 11.6. The minimum atomic E-state index is -0.539. The van der Waals surface area contributed by atoms with Crippen LogP contribution >= 0.6 is 0 Å². The molecule has 0 N–H and O–H groups in total. The van der Waals surface area contributed by atoms with Crippen LogP contribution in [0.5, 0.6) is 0 Å². The molecule has 9 nitrogen and oxygen atoms in total. The fraction of sp³-hybridized carbons (Fsp3) is 0.467. The molecular formula is C15H18N4O5. The molecule has 0 aliphatic carbocycles. The van der Waals surface area contributed by atoms with E-state index in [1.54, 1.807) is 18.2 Å². The number of hydrazone groups is 1. The van der Waals surface area contributed by atoms with Crippen LogP contribution in [0, 0.1) is 10.1 Å². The molecule has 1 atom stereocenters. The summed E-state index contributed by atoms with van der Waals surface area (Å²) in [6.45, 7) is 3.95. The van der Waals surface area contributed by atoms with Crippen LogP contribution in [0.1, 0.15) is 5.56 Å². The smallest absolute Gasteiger partial charge is 0.430 e. The molecule has 1 unspecified atom stereocenters. The van der Waals surface area contributed by atoms with Gasteiger partial charge in [-0.15, -0.1) is 0 Å². The summed E-state index contributed by atoms with van der Waals surface area (Å²) in [4.78, 5) is 24.6. The number of carbonyl (C=O) groups excluding carboxylic acids is 1. The highest BCUT2D eigenvalue weighted by Crippen LogP contribution is 2.17. The second-order valence-electron chi connectivity index (χ2n) is 5.56. The molecule has 2 heterocycles. The van der Waals surface area contributed by atoms with Crippen molar-refractivity contribution in [2.75, 3.05) is 39.4 Å². The molecule has 0 bridgehead atoms. The fourth-order valence-corrected chi connectivity index (χ4v) is 2.66. The summed E-state index contributed by atoms with van der Waals surface area (Å²) in [6.07, 6.45) is 0.512. The van der Waals surface area contributed by atoms with E-state index in [-0.39, 0.29) is 11.8 Å². The molecule has 9 heteroatoms. The summed E-state index contributed by atoms with van der Waals surface area (Å²) in [5, 5.41) is 16.2. The van der Waals surface area contributed by atoms with E-state index in [0.717, 1.165) is 13.1 Å². The first-order valence-electron chi connectivity index (χ1n) is 7.69. The number of hydrogen-bond donors (Lipinski definition) is 0. The van der Waals surface area contributed by atoms with Crippen LogP contribution in [-0.4, -0.2) is 72.6 Å². The normalized spacial score (nSPS) is 22.1. The zero-order valence-electron chi connectivity index (χ0n) is 13.0. The first kappa shape index (κ1) is 16.3. The molecule has 1 aromatic carbocycles. The Hall–Kier alpha value is -2.52. The predicted octanol–water partition coefficient (Wildman–Crippen LogP) is 1.08. The Morgan fingerprint density at radius 3 is 2.83 bits per heavy atom. The van der Waals surface area contributed by atoms with E-state index in [4.69, 9.17) is 9.47 Å². The van der Waals surface area contributed by atoms with Gasteiger partial charge in [0.05, 0.1) is 36.5 Å². The first-order valence-corrected chi connectivity index (χ1v) is 7.69. The quantitative estimate of drug-likeness (QED) is 0.454. The molecule has 128 valence electrons. The number of carbonyl (C=O) groups is 1. The van der Waals surface area contributed by atoms with Gasteiger partial charge in [-0.1, -0.05) is 12.1 Å². The molecule has 2 aliphatic rings. The minimum Gasteiger partial charge on any atom is -0.441 e. The molecule has 0 spiro atoms. The van der Waals surface area contributed by atoms with E-state index in [9.17, 15) is 14.9 Å². The Labute approximate surface area is 138 Å². The SMILES string of the molecule is O=C1OC(CN2CCOCC2)CN1/N=C/c1ccccc1[N+](=O)[O-]. The van der Waals surface area contributed by atoms with Gasteiger partial charge >= 0.3 is 6.09 Å². The lowest BCUT2D eigenvalue weighted by Crippen LogP contribution is -2.41. The van der Waals surface area contributed by atoms with Gasteiger partial charge in [0.25, 0.3) is 5.69 Å². The third-order valence-corrected chi connectivity index (χ3v) is 3.89. The van der Waals surface area contributed by atoms with Gasteiger partial charge in [0.1, 0.15) is 6.10 Å². The lowest BCUT2D eigenvalue weighted by atomic mass is 10.2. The second kappa shape index (κ2) is 7.37. The van der Waals surface area contributed by atoms with Crippen LogP contribution in [0.15, 0.2) is 29.4 Å². The van der Waals surface area contributed by atoms with E-state index >= 15 is 0 Å². The van der Waals surface area contributed by atoms with E-state index in [0.29, 0.717) is 31.9 Å². The number of nitro groups is 1. The standard InChI is InChI=1S/C15H18N4O5/c20-15-18(11-13(24-15)10-17-5-7-23-8-6-17)16-9-12-3-1-2-4-14(12)19(21)22/h1-4,9,13H,5-8,10-11H2/b16-9+. The van der Waals surface area contributed by atoms with Crippen LogP contribution in [0.2, 0.25) is 0 Å². The van der Waals surface area contributed by atoms with E-state index in [1.165, 1.54) is 17.3 Å². The van der Waals surface area contributed by atoms with Gasteiger partial charge < -0.3 is 9.47 Å². The van der Waals surface area contributed by atoms with Crippen LogP contribution in [-0.2, 0) is 9.47 Å². The van der Waals surface area contributed by atoms with Gasteiger partial charge in [0, 0.05) is 25.7 Å². The average Bonchev–Trinajstić information content (AvgIpc) is 2.93. The number of hydrogen-bond acceptors (Lipinski definition) is 7. The summed E-state index contributed by atoms with van der Waals surface area (Å²) < 4.78 is 10.6. The summed E-state index contributed by atoms with van der Waals surface area (Å²) in [7, 11) is 0. The molecule has 0 radical (unpaired) electrons. The minimum absolute atomic E-state index is 0.0568. The van der Waals surface area contributed by atoms with Crippen molar-refractivity contribution in [3.05, 3.63) is 39.9 Å². The van der Waals surface area contributed by atoms with E-state index < -0.39 is 11.0 Å². The van der Waals surface area contributed by atoms with Gasteiger partial charge in [-0.05, 0) is 6.07 Å². The van der Waals surface area contributed by atoms with Crippen molar-refractivity contribution in [2.45, 2.75) is 6.10 Å². The van der Waals surface area contributed by atoms with Crippen molar-refractivity contribution in [3.8, 4) is 0 Å². The molecule has 2 fully saturated rings. The largest absolute Gasteiger partial charge is 0.441 e. The molecule has 0 aromatic heterocycles. The zero-order chi connectivity index (χ0) is 16.9. The fourth-order valence-electron chi connectivity index (χ4n) is 2.66.